The van der Waals surface area contributed by atoms with Crippen LogP contribution in [0.15, 0.2) is 12.5 Å². The lowest BCUT2D eigenvalue weighted by Gasteiger charge is -2.13. The molecule has 1 aromatic heterocycles. The fourth-order valence-electron chi connectivity index (χ4n) is 1.21. The molecule has 11 nitrogen and oxygen atoms in total. The number of nitrogens with two attached hydrogens (primary N) is 1. The molecule has 0 saturated carbocycles. The van der Waals surface area contributed by atoms with E-state index in [1.54, 1.807) is 0 Å². The van der Waals surface area contributed by atoms with Gasteiger partial charge in [-0.25, -0.2) is 9.78 Å². The van der Waals surface area contributed by atoms with Crippen LogP contribution in [0.3, 0.4) is 0 Å². The smallest absolute Gasteiger partial charge is 0.394 e. The standard InChI is InChI=1S/C9H14N4O3.H2O4S/c10-2-1-8(14)13-7(9(15)16)3-6-4-11-5-12-6;1-5(2,3)4/h4-5,7H,1-3,10H2,(H,11,12)(H,13,14)(H,15,16);(H2,1,2,3,4)/t7-;/m0./s1. The monoisotopic (exact) mass is 324 g/mol. The lowest BCUT2D eigenvalue weighted by atomic mass is 10.1. The SMILES string of the molecule is NCCC(=O)N[C@@H](Cc1cnc[nH]1)C(=O)O.O=S(=O)(O)O. The van der Waals surface area contributed by atoms with Crippen molar-refractivity contribution < 1.29 is 32.2 Å². The van der Waals surface area contributed by atoms with Crippen LogP contribution in [0.1, 0.15) is 12.1 Å². The first-order valence-corrected chi connectivity index (χ1v) is 6.92. The number of hydrogen-bond donors (Lipinski definition) is 6. The van der Waals surface area contributed by atoms with Crippen molar-refractivity contribution in [1.29, 1.82) is 0 Å². The van der Waals surface area contributed by atoms with Gasteiger partial charge in [0.15, 0.2) is 0 Å². The predicted octanol–water partition coefficient (Wildman–Crippen LogP) is -1.78. The fourth-order valence-corrected chi connectivity index (χ4v) is 1.21. The molecule has 0 radical (unpaired) electrons. The van der Waals surface area contributed by atoms with E-state index in [4.69, 9.17) is 28.4 Å². The van der Waals surface area contributed by atoms with Crippen molar-refractivity contribution in [2.24, 2.45) is 5.73 Å². The quantitative estimate of drug-likeness (QED) is 0.327. The van der Waals surface area contributed by atoms with Gasteiger partial charge in [0, 0.05) is 31.3 Å². The van der Waals surface area contributed by atoms with E-state index >= 15 is 0 Å². The second kappa shape index (κ2) is 9.02. The maximum Gasteiger partial charge on any atom is 0.394 e. The van der Waals surface area contributed by atoms with Gasteiger partial charge < -0.3 is 21.1 Å². The van der Waals surface area contributed by atoms with E-state index in [-0.39, 0.29) is 25.3 Å². The summed E-state index contributed by atoms with van der Waals surface area (Å²) < 4.78 is 31.6. The number of hydrogen-bond acceptors (Lipinski definition) is 6. The van der Waals surface area contributed by atoms with E-state index in [1.165, 1.54) is 12.5 Å². The van der Waals surface area contributed by atoms with Gasteiger partial charge in [-0.15, -0.1) is 0 Å². The number of carbonyl (C=O) groups excluding carboxylic acids is 1. The molecule has 1 aromatic rings. The zero-order valence-corrected chi connectivity index (χ0v) is 11.6. The summed E-state index contributed by atoms with van der Waals surface area (Å²) in [6, 6.07) is -0.959. The molecule has 120 valence electrons. The Bertz CT molecular complexity index is 534. The predicted molar refractivity (Wildman–Crippen MR) is 69.7 cm³/mol. The summed E-state index contributed by atoms with van der Waals surface area (Å²) in [4.78, 5) is 28.6. The number of carboxylic acid groups (broad SMARTS) is 1. The van der Waals surface area contributed by atoms with Crippen molar-refractivity contribution in [2.45, 2.75) is 18.9 Å². The zero-order chi connectivity index (χ0) is 16.5. The lowest BCUT2D eigenvalue weighted by molar-refractivity contribution is -0.141. The van der Waals surface area contributed by atoms with E-state index in [1.807, 2.05) is 0 Å². The molecule has 0 saturated heterocycles. The van der Waals surface area contributed by atoms with Crippen LogP contribution in [-0.2, 0) is 26.4 Å². The van der Waals surface area contributed by atoms with Crippen LogP contribution in [0.4, 0.5) is 0 Å². The van der Waals surface area contributed by atoms with Crippen molar-refractivity contribution in [1.82, 2.24) is 15.3 Å². The maximum atomic E-state index is 11.2. The van der Waals surface area contributed by atoms with Gasteiger partial charge in [0.05, 0.1) is 6.33 Å². The highest BCUT2D eigenvalue weighted by atomic mass is 32.3. The second-order valence-electron chi connectivity index (χ2n) is 3.73. The van der Waals surface area contributed by atoms with E-state index in [0.29, 0.717) is 5.69 Å². The molecule has 21 heavy (non-hydrogen) atoms. The van der Waals surface area contributed by atoms with Crippen molar-refractivity contribution in [3.63, 3.8) is 0 Å². The molecule has 0 aliphatic heterocycles. The molecule has 1 amide bonds. The number of rotatable bonds is 6. The third kappa shape index (κ3) is 11.5. The summed E-state index contributed by atoms with van der Waals surface area (Å²) in [6.07, 6.45) is 3.26. The van der Waals surface area contributed by atoms with Gasteiger partial charge >= 0.3 is 16.4 Å². The van der Waals surface area contributed by atoms with Gasteiger partial charge in [-0.2, -0.15) is 8.42 Å². The molecule has 12 heteroatoms. The average Bonchev–Trinajstić information content (AvgIpc) is 2.78. The van der Waals surface area contributed by atoms with Gasteiger partial charge in [0.2, 0.25) is 5.91 Å². The third-order valence-corrected chi connectivity index (χ3v) is 1.98. The van der Waals surface area contributed by atoms with Crippen LogP contribution >= 0.6 is 0 Å². The molecule has 0 aliphatic rings. The summed E-state index contributed by atoms with van der Waals surface area (Å²) in [5, 5.41) is 11.3. The number of carboxylic acids is 1. The van der Waals surface area contributed by atoms with E-state index in [9.17, 15) is 9.59 Å². The first-order valence-electron chi connectivity index (χ1n) is 5.53. The number of H-pyrrole nitrogens is 1. The van der Waals surface area contributed by atoms with Crippen molar-refractivity contribution in [3.05, 3.63) is 18.2 Å². The molecule has 0 aliphatic carbocycles. The molecule has 1 heterocycles. The number of imidazole rings is 1. The highest BCUT2D eigenvalue weighted by Gasteiger charge is 2.20. The molecule has 0 aromatic carbocycles. The second-order valence-corrected chi connectivity index (χ2v) is 4.62. The van der Waals surface area contributed by atoms with Crippen LogP contribution < -0.4 is 11.1 Å². The lowest BCUT2D eigenvalue weighted by Crippen LogP contribution is -2.42. The van der Waals surface area contributed by atoms with Crippen molar-refractivity contribution >= 4 is 22.3 Å². The largest absolute Gasteiger partial charge is 0.480 e. The Balaban J connectivity index is 0.000000690. The molecule has 1 atom stereocenters. The number of aliphatic carboxylic acids is 1. The van der Waals surface area contributed by atoms with Crippen molar-refractivity contribution in [2.75, 3.05) is 6.54 Å². The summed E-state index contributed by atoms with van der Waals surface area (Å²) in [5.41, 5.74) is 5.85. The molecular weight excluding hydrogens is 308 g/mol. The van der Waals surface area contributed by atoms with Gasteiger partial charge in [0.1, 0.15) is 6.04 Å². The Labute approximate surface area is 120 Å². The maximum absolute atomic E-state index is 11.2. The number of nitrogens with one attached hydrogen (secondary N) is 2. The van der Waals surface area contributed by atoms with Crippen LogP contribution in [0.25, 0.3) is 0 Å². The molecule has 0 bridgehead atoms. The first-order chi connectivity index (χ1) is 9.63. The Morgan fingerprint density at radius 1 is 1.43 bits per heavy atom. The average molecular weight is 324 g/mol. The van der Waals surface area contributed by atoms with Gasteiger partial charge in [-0.1, -0.05) is 0 Å². The van der Waals surface area contributed by atoms with Crippen molar-refractivity contribution in [3.8, 4) is 0 Å². The van der Waals surface area contributed by atoms with Crippen LogP contribution in [0.5, 0.6) is 0 Å². The Morgan fingerprint density at radius 3 is 2.38 bits per heavy atom. The molecule has 0 fully saturated rings. The number of nitrogens with zero attached hydrogens (tertiary/aromatic N) is 1. The summed E-state index contributed by atoms with van der Waals surface area (Å²) in [7, 11) is -4.67. The third-order valence-electron chi connectivity index (χ3n) is 1.98. The normalized spacial score (nSPS) is 12.0. The van der Waals surface area contributed by atoms with Crippen LogP contribution in [-0.4, -0.2) is 57.1 Å². The zero-order valence-electron chi connectivity index (χ0n) is 10.8. The van der Waals surface area contributed by atoms with Crippen LogP contribution in [0, 0.1) is 0 Å². The Morgan fingerprint density at radius 2 is 2.00 bits per heavy atom. The minimum Gasteiger partial charge on any atom is -0.480 e. The summed E-state index contributed by atoms with van der Waals surface area (Å²) in [6.45, 7) is 0.197. The highest BCUT2D eigenvalue weighted by Crippen LogP contribution is 1.99. The summed E-state index contributed by atoms with van der Waals surface area (Å²) in [5.74, 6) is -1.45. The molecule has 7 N–H and O–H groups in total. The number of aromatic nitrogens is 2. The van der Waals surface area contributed by atoms with Crippen LogP contribution in [0.2, 0.25) is 0 Å². The number of aromatic amines is 1. The Hall–Kier alpha value is -2.02. The number of amides is 1. The Kier molecular flexibility index (Phi) is 8.15. The minimum absolute atomic E-state index is 0.118. The molecule has 0 spiro atoms. The van der Waals surface area contributed by atoms with Gasteiger partial charge in [-0.05, 0) is 0 Å². The van der Waals surface area contributed by atoms with Gasteiger partial charge in [0.25, 0.3) is 0 Å². The number of carbonyl (C=O) groups is 2. The molecule has 1 rings (SSSR count). The fraction of sp³-hybridized carbons (Fsp3) is 0.444. The minimum atomic E-state index is -4.67. The molecular formula is C9H16N4O7S. The van der Waals surface area contributed by atoms with E-state index in [2.05, 4.69) is 15.3 Å². The topological polar surface area (TPSA) is 196 Å². The van der Waals surface area contributed by atoms with E-state index in [0.717, 1.165) is 0 Å². The first kappa shape index (κ1) is 19.0. The van der Waals surface area contributed by atoms with Gasteiger partial charge in [-0.3, -0.25) is 13.9 Å². The highest BCUT2D eigenvalue weighted by molar-refractivity contribution is 7.79. The van der Waals surface area contributed by atoms with E-state index < -0.39 is 22.4 Å². The summed E-state index contributed by atoms with van der Waals surface area (Å²) >= 11 is 0. The molecule has 0 unspecified atom stereocenters.